The molecular weight excluding hydrogens is 280 g/mol. The molecule has 1 amide bonds. The molecule has 1 aromatic heterocycles. The average molecular weight is 302 g/mol. The Hall–Kier alpha value is -2.08. The van der Waals surface area contributed by atoms with Crippen molar-refractivity contribution < 1.29 is 10.0 Å². The molecule has 3 N–H and O–H groups in total. The Balaban J connectivity index is 1.50. The summed E-state index contributed by atoms with van der Waals surface area (Å²) >= 11 is 0. The van der Waals surface area contributed by atoms with Gasteiger partial charge in [-0.05, 0) is 43.7 Å². The Kier molecular flexibility index (Phi) is 4.58. The molecule has 6 heteroatoms. The number of rotatable bonds is 5. The number of H-pyrrole nitrogens is 1. The standard InChI is InChI=1S/C16H22N4O2/c21-15(19-22)7-3-4-12-8-10-20(11-9-12)16-17-13-5-1-2-6-14(13)18-16/h1-2,5-6,12,22H,3-4,7-11H2,(H,17,18)(H,19,21). The molecule has 1 aliphatic heterocycles. The Morgan fingerprint density at radius 2 is 2.14 bits per heavy atom. The zero-order valence-electron chi connectivity index (χ0n) is 12.6. The third-order valence-electron chi connectivity index (χ3n) is 4.43. The highest BCUT2D eigenvalue weighted by molar-refractivity contribution is 5.77. The van der Waals surface area contributed by atoms with Crippen LogP contribution in [-0.2, 0) is 4.79 Å². The monoisotopic (exact) mass is 302 g/mol. The number of hydroxylamine groups is 1. The molecule has 1 aliphatic rings. The molecular formula is C16H22N4O2. The second kappa shape index (κ2) is 6.79. The number of aromatic nitrogens is 2. The summed E-state index contributed by atoms with van der Waals surface area (Å²) in [5.41, 5.74) is 3.77. The van der Waals surface area contributed by atoms with Crippen molar-refractivity contribution in [1.82, 2.24) is 15.4 Å². The van der Waals surface area contributed by atoms with E-state index in [0.29, 0.717) is 12.3 Å². The van der Waals surface area contributed by atoms with Crippen LogP contribution in [0.1, 0.15) is 32.1 Å². The molecule has 0 atom stereocenters. The molecule has 0 unspecified atom stereocenters. The fraction of sp³-hybridized carbons (Fsp3) is 0.500. The first-order valence-corrected chi connectivity index (χ1v) is 7.89. The Labute approximate surface area is 129 Å². The van der Waals surface area contributed by atoms with Gasteiger partial charge in [0.05, 0.1) is 11.0 Å². The zero-order valence-corrected chi connectivity index (χ0v) is 12.6. The lowest BCUT2D eigenvalue weighted by atomic mass is 9.91. The topological polar surface area (TPSA) is 81.2 Å². The van der Waals surface area contributed by atoms with Crippen LogP contribution >= 0.6 is 0 Å². The molecule has 2 aromatic rings. The first-order chi connectivity index (χ1) is 10.8. The maximum atomic E-state index is 11.0. The van der Waals surface area contributed by atoms with E-state index in [9.17, 15) is 4.79 Å². The number of fused-ring (bicyclic) bond motifs is 1. The van der Waals surface area contributed by atoms with Crippen LogP contribution in [0.15, 0.2) is 24.3 Å². The molecule has 2 heterocycles. The summed E-state index contributed by atoms with van der Waals surface area (Å²) in [6.45, 7) is 1.99. The number of imidazole rings is 1. The molecule has 0 bridgehead atoms. The van der Waals surface area contributed by atoms with E-state index in [1.54, 1.807) is 5.48 Å². The molecule has 0 radical (unpaired) electrons. The largest absolute Gasteiger partial charge is 0.342 e. The smallest absolute Gasteiger partial charge is 0.243 e. The molecule has 22 heavy (non-hydrogen) atoms. The number of benzene rings is 1. The van der Waals surface area contributed by atoms with E-state index in [0.717, 1.165) is 55.8 Å². The van der Waals surface area contributed by atoms with Crippen LogP contribution in [-0.4, -0.2) is 34.2 Å². The van der Waals surface area contributed by atoms with Crippen LogP contribution in [0.4, 0.5) is 5.95 Å². The SMILES string of the molecule is O=C(CCCC1CCN(c2nc3ccccc3[nH]2)CC1)NO. The zero-order chi connectivity index (χ0) is 15.4. The van der Waals surface area contributed by atoms with E-state index in [-0.39, 0.29) is 5.91 Å². The van der Waals surface area contributed by atoms with Crippen LogP contribution in [0.2, 0.25) is 0 Å². The number of nitrogens with one attached hydrogen (secondary N) is 2. The van der Waals surface area contributed by atoms with Gasteiger partial charge in [0.25, 0.3) is 0 Å². The van der Waals surface area contributed by atoms with Gasteiger partial charge in [-0.25, -0.2) is 10.5 Å². The molecule has 6 nitrogen and oxygen atoms in total. The first kappa shape index (κ1) is 14.8. The van der Waals surface area contributed by atoms with Crippen LogP contribution in [0.3, 0.4) is 0 Å². The summed E-state index contributed by atoms with van der Waals surface area (Å²) < 4.78 is 0. The summed E-state index contributed by atoms with van der Waals surface area (Å²) in [6, 6.07) is 8.08. The minimum atomic E-state index is -0.292. The lowest BCUT2D eigenvalue weighted by molar-refractivity contribution is -0.129. The Morgan fingerprint density at radius 1 is 1.36 bits per heavy atom. The van der Waals surface area contributed by atoms with Gasteiger partial charge in [-0.3, -0.25) is 10.0 Å². The number of amides is 1. The van der Waals surface area contributed by atoms with Crippen molar-refractivity contribution in [2.24, 2.45) is 5.92 Å². The van der Waals surface area contributed by atoms with Crippen molar-refractivity contribution in [2.45, 2.75) is 32.1 Å². The number of para-hydroxylation sites is 2. The molecule has 1 saturated heterocycles. The maximum absolute atomic E-state index is 11.0. The molecule has 1 fully saturated rings. The van der Waals surface area contributed by atoms with Crippen molar-refractivity contribution in [3.05, 3.63) is 24.3 Å². The second-order valence-corrected chi connectivity index (χ2v) is 5.94. The summed E-state index contributed by atoms with van der Waals surface area (Å²) in [5, 5.41) is 8.48. The van der Waals surface area contributed by atoms with E-state index >= 15 is 0 Å². The highest BCUT2D eigenvalue weighted by Gasteiger charge is 2.21. The lowest BCUT2D eigenvalue weighted by Crippen LogP contribution is -2.34. The van der Waals surface area contributed by atoms with Gasteiger partial charge in [0.1, 0.15) is 0 Å². The summed E-state index contributed by atoms with van der Waals surface area (Å²) in [7, 11) is 0. The molecule has 3 rings (SSSR count). The van der Waals surface area contributed by atoms with Crippen LogP contribution < -0.4 is 10.4 Å². The average Bonchev–Trinajstić information content (AvgIpc) is 2.99. The fourth-order valence-electron chi connectivity index (χ4n) is 3.13. The third kappa shape index (κ3) is 3.39. The van der Waals surface area contributed by atoms with Crippen molar-refractivity contribution in [1.29, 1.82) is 0 Å². The highest BCUT2D eigenvalue weighted by atomic mass is 16.5. The van der Waals surface area contributed by atoms with Crippen LogP contribution in [0.25, 0.3) is 11.0 Å². The van der Waals surface area contributed by atoms with Crippen LogP contribution in [0, 0.1) is 5.92 Å². The summed E-state index contributed by atoms with van der Waals surface area (Å²) in [5.74, 6) is 1.33. The van der Waals surface area contributed by atoms with Gasteiger partial charge < -0.3 is 9.88 Å². The molecule has 0 aliphatic carbocycles. The summed E-state index contributed by atoms with van der Waals surface area (Å²) in [6.07, 6.45) is 4.53. The van der Waals surface area contributed by atoms with Gasteiger partial charge in [-0.15, -0.1) is 0 Å². The Morgan fingerprint density at radius 3 is 2.86 bits per heavy atom. The third-order valence-corrected chi connectivity index (χ3v) is 4.43. The minimum Gasteiger partial charge on any atom is -0.342 e. The van der Waals surface area contributed by atoms with E-state index in [1.807, 2.05) is 24.3 Å². The van der Waals surface area contributed by atoms with Crippen molar-refractivity contribution in [2.75, 3.05) is 18.0 Å². The number of nitrogens with zero attached hydrogens (tertiary/aromatic N) is 2. The molecule has 118 valence electrons. The number of carbonyl (C=O) groups excluding carboxylic acids is 1. The molecule has 0 spiro atoms. The van der Waals surface area contributed by atoms with Gasteiger partial charge in [0.15, 0.2) is 0 Å². The number of anilines is 1. The van der Waals surface area contributed by atoms with Gasteiger partial charge in [-0.1, -0.05) is 12.1 Å². The van der Waals surface area contributed by atoms with Crippen LogP contribution in [0.5, 0.6) is 0 Å². The van der Waals surface area contributed by atoms with Crippen molar-refractivity contribution in [3.8, 4) is 0 Å². The van der Waals surface area contributed by atoms with Gasteiger partial charge >= 0.3 is 0 Å². The minimum absolute atomic E-state index is 0.292. The first-order valence-electron chi connectivity index (χ1n) is 7.89. The summed E-state index contributed by atoms with van der Waals surface area (Å²) in [4.78, 5) is 21.3. The maximum Gasteiger partial charge on any atom is 0.243 e. The van der Waals surface area contributed by atoms with Gasteiger partial charge in [0.2, 0.25) is 11.9 Å². The number of piperidine rings is 1. The second-order valence-electron chi connectivity index (χ2n) is 5.94. The molecule has 0 saturated carbocycles. The van der Waals surface area contributed by atoms with E-state index in [4.69, 9.17) is 5.21 Å². The number of carbonyl (C=O) groups is 1. The number of hydrogen-bond acceptors (Lipinski definition) is 4. The van der Waals surface area contributed by atoms with Gasteiger partial charge in [0, 0.05) is 19.5 Å². The number of hydrogen-bond donors (Lipinski definition) is 3. The number of aromatic amines is 1. The fourth-order valence-corrected chi connectivity index (χ4v) is 3.13. The predicted octanol–water partition coefficient (Wildman–Crippen LogP) is 2.46. The predicted molar refractivity (Wildman–Crippen MR) is 84.8 cm³/mol. The molecule has 1 aromatic carbocycles. The Bertz CT molecular complexity index is 599. The van der Waals surface area contributed by atoms with Gasteiger partial charge in [-0.2, -0.15) is 0 Å². The van der Waals surface area contributed by atoms with E-state index < -0.39 is 0 Å². The quantitative estimate of drug-likeness (QED) is 0.585. The van der Waals surface area contributed by atoms with Crippen molar-refractivity contribution >= 4 is 22.9 Å². The normalized spacial score (nSPS) is 16.1. The highest BCUT2D eigenvalue weighted by Crippen LogP contribution is 2.26. The lowest BCUT2D eigenvalue weighted by Gasteiger charge is -2.31. The van der Waals surface area contributed by atoms with Crippen molar-refractivity contribution in [3.63, 3.8) is 0 Å². The van der Waals surface area contributed by atoms with E-state index in [1.165, 1.54) is 0 Å². The van der Waals surface area contributed by atoms with E-state index in [2.05, 4.69) is 14.9 Å².